The third-order valence-electron chi connectivity index (χ3n) is 7.02. The van der Waals surface area contributed by atoms with Crippen LogP contribution in [0.3, 0.4) is 0 Å². The molecule has 0 spiro atoms. The van der Waals surface area contributed by atoms with Crippen LogP contribution >= 0.6 is 0 Å². The average Bonchev–Trinajstić information content (AvgIpc) is 3.33. The fraction of sp³-hybridized carbons (Fsp3) is 0.344. The monoisotopic (exact) mass is 512 g/mol. The molecule has 1 aromatic heterocycles. The van der Waals surface area contributed by atoms with Gasteiger partial charge in [0.1, 0.15) is 6.10 Å². The minimum Gasteiger partial charge on any atom is -0.445 e. The topological polar surface area (TPSA) is 54.7 Å². The van der Waals surface area contributed by atoms with Crippen molar-refractivity contribution in [2.24, 2.45) is 5.92 Å². The number of hydrogen-bond acceptors (Lipinski definition) is 5. The second-order valence-corrected chi connectivity index (χ2v) is 9.82. The van der Waals surface area contributed by atoms with E-state index in [1.807, 2.05) is 84.4 Å². The van der Waals surface area contributed by atoms with E-state index in [0.29, 0.717) is 19.1 Å². The number of rotatable bonds is 10. The molecule has 1 saturated heterocycles. The van der Waals surface area contributed by atoms with E-state index in [-0.39, 0.29) is 18.1 Å². The maximum atomic E-state index is 6.60. The molecule has 6 heteroatoms. The minimum atomic E-state index is -0.667. The van der Waals surface area contributed by atoms with Gasteiger partial charge in [-0.3, -0.25) is 0 Å². The largest absolute Gasteiger partial charge is 0.445 e. The summed E-state index contributed by atoms with van der Waals surface area (Å²) in [5.74, 6) is 0.725. The fourth-order valence-electron chi connectivity index (χ4n) is 4.99. The Morgan fingerprint density at radius 2 is 1.34 bits per heavy atom. The highest BCUT2D eigenvalue weighted by molar-refractivity contribution is 5.35. The Kier molecular flexibility index (Phi) is 8.54. The van der Waals surface area contributed by atoms with E-state index in [1.54, 1.807) is 0 Å². The molecule has 0 saturated carbocycles. The number of aromatic nitrogens is 2. The van der Waals surface area contributed by atoms with Gasteiger partial charge in [0, 0.05) is 12.0 Å². The van der Waals surface area contributed by atoms with E-state index >= 15 is 0 Å². The summed E-state index contributed by atoms with van der Waals surface area (Å²) in [5, 5.41) is 4.68. The van der Waals surface area contributed by atoms with Gasteiger partial charge < -0.3 is 18.9 Å². The van der Waals surface area contributed by atoms with Crippen LogP contribution in [0.1, 0.15) is 37.1 Å². The molecule has 4 aromatic rings. The molecule has 0 bridgehead atoms. The Morgan fingerprint density at radius 3 is 1.92 bits per heavy atom. The first-order chi connectivity index (χ1) is 18.6. The van der Waals surface area contributed by atoms with Crippen molar-refractivity contribution < 1.29 is 18.9 Å². The van der Waals surface area contributed by atoms with Crippen LogP contribution in [-0.2, 0) is 27.4 Å². The van der Waals surface area contributed by atoms with Crippen molar-refractivity contribution in [3.63, 3.8) is 0 Å². The smallest absolute Gasteiger partial charge is 0.231 e. The normalized spacial score (nSPS) is 23.3. The zero-order valence-corrected chi connectivity index (χ0v) is 22.3. The highest BCUT2D eigenvalue weighted by atomic mass is 16.7. The van der Waals surface area contributed by atoms with E-state index in [4.69, 9.17) is 18.9 Å². The molecule has 0 radical (unpaired) electrons. The summed E-state index contributed by atoms with van der Waals surface area (Å²) in [6.45, 7) is 7.19. The van der Waals surface area contributed by atoms with Gasteiger partial charge in [0.2, 0.25) is 12.2 Å². The summed E-state index contributed by atoms with van der Waals surface area (Å²) >= 11 is 0. The summed E-state index contributed by atoms with van der Waals surface area (Å²) in [6.07, 6.45) is -0.534. The SMILES string of the molecule is CC[C@H]1OC(Oc2cc(C)nn2-c2ccccc2)[C@H](OCc2ccccc2)[C@@H](OCc2ccccc2)[C@@H]1C. The molecule has 1 aliphatic rings. The van der Waals surface area contributed by atoms with Crippen LogP contribution in [0.15, 0.2) is 97.1 Å². The van der Waals surface area contributed by atoms with Gasteiger partial charge in [-0.25, -0.2) is 4.68 Å². The maximum Gasteiger partial charge on any atom is 0.231 e. The number of hydrogen-bond donors (Lipinski definition) is 0. The number of nitrogens with zero attached hydrogens (tertiary/aromatic N) is 2. The Balaban J connectivity index is 1.44. The predicted molar refractivity (Wildman–Crippen MR) is 147 cm³/mol. The molecule has 0 amide bonds. The third kappa shape index (κ3) is 6.16. The van der Waals surface area contributed by atoms with Crippen molar-refractivity contribution in [3.8, 4) is 11.6 Å². The van der Waals surface area contributed by atoms with Gasteiger partial charge in [-0.1, -0.05) is 92.7 Å². The molecule has 2 heterocycles. The summed E-state index contributed by atoms with van der Waals surface area (Å²) < 4.78 is 28.1. The van der Waals surface area contributed by atoms with Crippen molar-refractivity contribution in [2.45, 2.75) is 65.0 Å². The second-order valence-electron chi connectivity index (χ2n) is 9.82. The predicted octanol–water partition coefficient (Wildman–Crippen LogP) is 6.50. The lowest BCUT2D eigenvalue weighted by Crippen LogP contribution is -2.57. The maximum absolute atomic E-state index is 6.60. The van der Waals surface area contributed by atoms with E-state index < -0.39 is 12.4 Å². The van der Waals surface area contributed by atoms with Crippen molar-refractivity contribution in [2.75, 3.05) is 0 Å². The van der Waals surface area contributed by atoms with Gasteiger partial charge >= 0.3 is 0 Å². The Hall–Kier alpha value is -3.45. The quantitative estimate of drug-likeness (QED) is 0.243. The number of ether oxygens (including phenoxy) is 4. The van der Waals surface area contributed by atoms with Crippen molar-refractivity contribution in [1.82, 2.24) is 9.78 Å². The summed E-state index contributed by atoms with van der Waals surface area (Å²) in [6, 6.07) is 32.3. The molecule has 38 heavy (non-hydrogen) atoms. The molecule has 0 aliphatic carbocycles. The van der Waals surface area contributed by atoms with Gasteiger partial charge in [-0.2, -0.15) is 5.10 Å². The first kappa shape index (κ1) is 26.2. The fourth-order valence-corrected chi connectivity index (χ4v) is 4.99. The highest BCUT2D eigenvalue weighted by Gasteiger charge is 2.46. The molecule has 1 aliphatic heterocycles. The third-order valence-corrected chi connectivity index (χ3v) is 7.02. The lowest BCUT2D eigenvalue weighted by atomic mass is 9.89. The molecule has 0 N–H and O–H groups in total. The lowest BCUT2D eigenvalue weighted by Gasteiger charge is -2.44. The van der Waals surface area contributed by atoms with Crippen LogP contribution in [0.5, 0.6) is 5.88 Å². The Bertz CT molecular complexity index is 1260. The zero-order chi connectivity index (χ0) is 26.3. The van der Waals surface area contributed by atoms with Crippen LogP contribution in [0.2, 0.25) is 0 Å². The molecule has 198 valence electrons. The van der Waals surface area contributed by atoms with E-state index in [9.17, 15) is 0 Å². The second kappa shape index (κ2) is 12.4. The van der Waals surface area contributed by atoms with Gasteiger partial charge in [-0.05, 0) is 36.6 Å². The summed E-state index contributed by atoms with van der Waals surface area (Å²) in [4.78, 5) is 0. The van der Waals surface area contributed by atoms with Crippen molar-refractivity contribution >= 4 is 0 Å². The van der Waals surface area contributed by atoms with E-state index in [1.165, 1.54) is 0 Å². The van der Waals surface area contributed by atoms with Crippen LogP contribution in [0.4, 0.5) is 0 Å². The van der Waals surface area contributed by atoms with Gasteiger partial charge in [0.15, 0.2) is 0 Å². The Labute approximate surface area is 225 Å². The lowest BCUT2D eigenvalue weighted by molar-refractivity contribution is -0.281. The van der Waals surface area contributed by atoms with Gasteiger partial charge in [0.05, 0.1) is 36.8 Å². The molecule has 1 unspecified atom stereocenters. The number of aryl methyl sites for hydroxylation is 1. The first-order valence-electron chi connectivity index (χ1n) is 13.4. The van der Waals surface area contributed by atoms with Crippen LogP contribution in [0.25, 0.3) is 5.69 Å². The molecule has 6 nitrogen and oxygen atoms in total. The highest BCUT2D eigenvalue weighted by Crippen LogP contribution is 2.34. The number of para-hydroxylation sites is 1. The summed E-state index contributed by atoms with van der Waals surface area (Å²) in [5.41, 5.74) is 3.99. The van der Waals surface area contributed by atoms with Crippen LogP contribution < -0.4 is 4.74 Å². The van der Waals surface area contributed by atoms with Crippen LogP contribution in [-0.4, -0.2) is 34.4 Å². The zero-order valence-electron chi connectivity index (χ0n) is 22.3. The molecule has 3 aromatic carbocycles. The first-order valence-corrected chi connectivity index (χ1v) is 13.4. The van der Waals surface area contributed by atoms with Gasteiger partial charge in [0.25, 0.3) is 0 Å². The molecule has 1 fully saturated rings. The molecule has 5 atom stereocenters. The minimum absolute atomic E-state index is 0.0356. The molecule has 5 rings (SSSR count). The number of benzene rings is 3. The van der Waals surface area contributed by atoms with E-state index in [2.05, 4.69) is 43.2 Å². The summed E-state index contributed by atoms with van der Waals surface area (Å²) in [7, 11) is 0. The van der Waals surface area contributed by atoms with Gasteiger partial charge in [-0.15, -0.1) is 0 Å². The molecular formula is C32H36N2O4. The Morgan fingerprint density at radius 1 is 0.789 bits per heavy atom. The van der Waals surface area contributed by atoms with E-state index in [0.717, 1.165) is 28.9 Å². The molecular weight excluding hydrogens is 476 g/mol. The van der Waals surface area contributed by atoms with Crippen molar-refractivity contribution in [1.29, 1.82) is 0 Å². The average molecular weight is 513 g/mol. The standard InChI is InChI=1S/C32H36N2O4/c1-4-28-24(3)30(35-21-25-14-8-5-9-15-25)31(36-22-26-16-10-6-11-17-26)32(37-28)38-29-20-23(2)33-34(29)27-18-12-7-13-19-27/h5-20,24,28,30-32H,4,21-22H2,1-3H3/t24-,28-,30+,31-,32?/m1/s1. The van der Waals surface area contributed by atoms with Crippen molar-refractivity contribution in [3.05, 3.63) is 114 Å². The van der Waals surface area contributed by atoms with Crippen LogP contribution in [0, 0.1) is 12.8 Å².